The molecule has 1 aliphatic rings. The Balaban J connectivity index is 2.37. The highest BCUT2D eigenvalue weighted by Gasteiger charge is 2.46. The number of aliphatic imine (C=N–C) groups is 3. The Morgan fingerprint density at radius 2 is 0.896 bits per heavy atom. The van der Waals surface area contributed by atoms with E-state index in [0.29, 0.717) is 6.08 Å². The van der Waals surface area contributed by atoms with Gasteiger partial charge in [-0.3, -0.25) is 15.0 Å². The summed E-state index contributed by atoms with van der Waals surface area (Å²) in [4.78, 5) is 9.22. The summed E-state index contributed by atoms with van der Waals surface area (Å²) in [5.41, 5.74) is -18.1. The molecular weight excluding hydrogens is 670 g/mol. The first-order chi connectivity index (χ1) is 22.6. The minimum Gasteiger partial charge on any atom is -0.263 e. The molecule has 0 unspecified atom stereocenters. The van der Waals surface area contributed by atoms with Gasteiger partial charge in [0.15, 0.2) is 69.8 Å². The van der Waals surface area contributed by atoms with Gasteiger partial charge in [0.1, 0.15) is 23.4 Å². The molecule has 4 rings (SSSR count). The van der Waals surface area contributed by atoms with E-state index < -0.39 is 137 Å². The zero-order valence-corrected chi connectivity index (χ0v) is 23.2. The van der Waals surface area contributed by atoms with E-state index in [1.807, 2.05) is 0 Å². The number of nitriles is 2. The molecule has 1 saturated carbocycles. The number of allylic oxidation sites excluding steroid dienone is 4. The van der Waals surface area contributed by atoms with Gasteiger partial charge < -0.3 is 0 Å². The van der Waals surface area contributed by atoms with Gasteiger partial charge >= 0.3 is 0 Å². The largest absolute Gasteiger partial charge is 0.263 e. The summed E-state index contributed by atoms with van der Waals surface area (Å²) in [6.45, 7) is 11.6. The summed E-state index contributed by atoms with van der Waals surface area (Å²) in [6, 6.07) is 1.97. The van der Waals surface area contributed by atoms with Crippen LogP contribution in [0.3, 0.4) is 0 Å². The SMILES string of the molecule is C=Cc1c(F)c(F)c(/C(C#N)=C2/C(=C(N=C)c3c(F)c(F)c(C#N)c(F)c3F)/C2=C(/N=C)c2c(F)c(F)c(N=C)c(F)c2F)c(F)c1F. The second-order valence-electron chi connectivity index (χ2n) is 9.13. The van der Waals surface area contributed by atoms with E-state index in [2.05, 4.69) is 41.7 Å². The number of nitrogens with zero attached hydrogens (tertiary/aromatic N) is 5. The van der Waals surface area contributed by atoms with Crippen molar-refractivity contribution in [2.45, 2.75) is 0 Å². The standard InChI is InChI=1S/C31H9F12N5/c1-5-8-17(32)21(36)12(22(37)18(8)33)9(6-44)11-13(29(46-2)15-23(38)19(34)10(7-45)20(35)24(15)39)14(11)30(47-3)16-25(40)27(42)31(48-4)28(43)26(16)41/h5H,1-4H2/b11-9-,29-13?,30-14+. The van der Waals surface area contributed by atoms with Crippen LogP contribution in [0.4, 0.5) is 58.4 Å². The van der Waals surface area contributed by atoms with Crippen LogP contribution >= 0.6 is 0 Å². The first kappa shape index (κ1) is 34.6. The zero-order valence-electron chi connectivity index (χ0n) is 23.2. The molecule has 1 fully saturated rings. The van der Waals surface area contributed by atoms with E-state index in [1.54, 1.807) is 0 Å². The average molecular weight is 679 g/mol. The Bertz CT molecular complexity index is 2160. The van der Waals surface area contributed by atoms with Gasteiger partial charge in [0.05, 0.1) is 39.2 Å². The molecule has 0 N–H and O–H groups in total. The average Bonchev–Trinajstić information content (AvgIpc) is 3.78. The molecule has 3 aromatic rings. The van der Waals surface area contributed by atoms with Crippen LogP contribution in [0, 0.1) is 92.5 Å². The van der Waals surface area contributed by atoms with E-state index in [0.717, 1.165) is 12.1 Å². The Hall–Kier alpha value is -6.23. The van der Waals surface area contributed by atoms with Crippen molar-refractivity contribution in [2.24, 2.45) is 15.0 Å². The van der Waals surface area contributed by atoms with Gasteiger partial charge in [-0.1, -0.05) is 12.7 Å². The normalized spacial score (nSPS) is 15.3. The highest BCUT2D eigenvalue weighted by molar-refractivity contribution is 6.09. The van der Waals surface area contributed by atoms with Crippen molar-refractivity contribution in [1.29, 1.82) is 10.5 Å². The molecule has 0 amide bonds. The molecule has 0 aromatic heterocycles. The van der Waals surface area contributed by atoms with Gasteiger partial charge in [-0.25, -0.2) is 52.7 Å². The topological polar surface area (TPSA) is 84.7 Å². The fraction of sp³-hybridized carbons (Fsp3) is 0. The quantitative estimate of drug-likeness (QED) is 0.108. The molecule has 17 heteroatoms. The highest BCUT2D eigenvalue weighted by Crippen LogP contribution is 2.58. The van der Waals surface area contributed by atoms with E-state index in [1.165, 1.54) is 0 Å². The summed E-state index contributed by atoms with van der Waals surface area (Å²) in [5.74, 6) is -27.2. The van der Waals surface area contributed by atoms with Crippen LogP contribution in [0.15, 0.2) is 38.3 Å². The Kier molecular flexibility index (Phi) is 9.03. The number of hydrogen-bond donors (Lipinski definition) is 0. The second-order valence-corrected chi connectivity index (χ2v) is 9.13. The summed E-state index contributed by atoms with van der Waals surface area (Å²) in [5, 5.41) is 18.8. The third kappa shape index (κ3) is 4.79. The van der Waals surface area contributed by atoms with Crippen LogP contribution in [0.25, 0.3) is 23.0 Å². The van der Waals surface area contributed by atoms with Crippen LogP contribution in [0.5, 0.6) is 0 Å². The van der Waals surface area contributed by atoms with Crippen LogP contribution in [-0.2, 0) is 0 Å². The Labute approximate surface area is 260 Å². The molecular formula is C31H9F12N5. The molecule has 0 atom stereocenters. The monoisotopic (exact) mass is 679 g/mol. The van der Waals surface area contributed by atoms with Crippen molar-refractivity contribution in [3.63, 3.8) is 0 Å². The van der Waals surface area contributed by atoms with Crippen molar-refractivity contribution in [3.8, 4) is 12.1 Å². The lowest BCUT2D eigenvalue weighted by Gasteiger charge is -2.10. The molecule has 0 heterocycles. The highest BCUT2D eigenvalue weighted by atomic mass is 19.2. The van der Waals surface area contributed by atoms with Crippen LogP contribution < -0.4 is 0 Å². The molecule has 242 valence electrons. The molecule has 0 radical (unpaired) electrons. The third-order valence-electron chi connectivity index (χ3n) is 6.84. The number of hydrogen-bond acceptors (Lipinski definition) is 5. The van der Waals surface area contributed by atoms with E-state index >= 15 is 26.3 Å². The lowest BCUT2D eigenvalue weighted by molar-refractivity contribution is 0.446. The van der Waals surface area contributed by atoms with Crippen molar-refractivity contribution in [3.05, 3.63) is 121 Å². The molecule has 0 saturated heterocycles. The van der Waals surface area contributed by atoms with Crippen LogP contribution in [0.2, 0.25) is 0 Å². The van der Waals surface area contributed by atoms with Crippen molar-refractivity contribution >= 4 is 48.9 Å². The van der Waals surface area contributed by atoms with Gasteiger partial charge in [-0.05, 0) is 20.2 Å². The van der Waals surface area contributed by atoms with Gasteiger partial charge in [0.25, 0.3) is 0 Å². The van der Waals surface area contributed by atoms with Crippen LogP contribution in [0.1, 0.15) is 27.8 Å². The van der Waals surface area contributed by atoms with Gasteiger partial charge in [0.2, 0.25) is 0 Å². The zero-order chi connectivity index (χ0) is 36.1. The minimum absolute atomic E-state index is 0.350. The van der Waals surface area contributed by atoms with E-state index in [9.17, 15) is 31.6 Å². The Morgan fingerprint density at radius 1 is 0.521 bits per heavy atom. The van der Waals surface area contributed by atoms with E-state index in [-0.39, 0.29) is 0 Å². The number of halogens is 12. The first-order valence-electron chi connectivity index (χ1n) is 12.3. The predicted molar refractivity (Wildman–Crippen MR) is 148 cm³/mol. The lowest BCUT2D eigenvalue weighted by atomic mass is 9.99. The summed E-state index contributed by atoms with van der Waals surface area (Å²) in [6.07, 6.45) is 0.350. The van der Waals surface area contributed by atoms with Gasteiger partial charge in [-0.15, -0.1) is 0 Å². The van der Waals surface area contributed by atoms with Crippen molar-refractivity contribution in [2.75, 3.05) is 0 Å². The molecule has 0 bridgehead atoms. The molecule has 1 aliphatic carbocycles. The lowest BCUT2D eigenvalue weighted by Crippen LogP contribution is -2.06. The minimum atomic E-state index is -2.36. The molecule has 48 heavy (non-hydrogen) atoms. The molecule has 0 spiro atoms. The fourth-order valence-electron chi connectivity index (χ4n) is 4.67. The predicted octanol–water partition coefficient (Wildman–Crippen LogP) is 8.72. The summed E-state index contributed by atoms with van der Waals surface area (Å²) in [7, 11) is 0. The Morgan fingerprint density at radius 3 is 1.21 bits per heavy atom. The maximum absolute atomic E-state index is 15.2. The van der Waals surface area contributed by atoms with Gasteiger partial charge in [-0.2, -0.15) is 10.5 Å². The molecule has 0 aliphatic heterocycles. The number of rotatable bonds is 7. The van der Waals surface area contributed by atoms with Crippen molar-refractivity contribution < 1.29 is 52.7 Å². The van der Waals surface area contributed by atoms with E-state index in [4.69, 9.17) is 5.26 Å². The number of benzene rings is 3. The fourth-order valence-corrected chi connectivity index (χ4v) is 4.67. The molecule has 3 aromatic carbocycles. The van der Waals surface area contributed by atoms with Gasteiger partial charge in [0, 0.05) is 16.7 Å². The summed E-state index contributed by atoms with van der Waals surface area (Å²) < 4.78 is 179. The third-order valence-corrected chi connectivity index (χ3v) is 6.84. The van der Waals surface area contributed by atoms with Crippen molar-refractivity contribution in [1.82, 2.24) is 0 Å². The summed E-state index contributed by atoms with van der Waals surface area (Å²) >= 11 is 0. The smallest absolute Gasteiger partial charge is 0.188 e. The van der Waals surface area contributed by atoms with Crippen LogP contribution in [-0.4, -0.2) is 20.2 Å². The molecule has 5 nitrogen and oxygen atoms in total. The second kappa shape index (κ2) is 12.5. The maximum Gasteiger partial charge on any atom is 0.188 e. The first-order valence-corrected chi connectivity index (χ1v) is 12.3. The maximum atomic E-state index is 15.2.